The fraction of sp³-hybridized carbons (Fsp3) is 0.556. The average Bonchev–Trinajstić information content (AvgIpc) is 3.69. The molecule has 0 spiro atoms. The minimum absolute atomic E-state index is 0.121. The van der Waals surface area contributed by atoms with Crippen LogP contribution in [0.25, 0.3) is 0 Å². The van der Waals surface area contributed by atoms with Crippen molar-refractivity contribution in [3.8, 4) is 0 Å². The van der Waals surface area contributed by atoms with Crippen molar-refractivity contribution in [2.24, 2.45) is 13.0 Å². The number of hydrogen-bond acceptors (Lipinski definition) is 10. The summed E-state index contributed by atoms with van der Waals surface area (Å²) in [7, 11) is 1.23. The van der Waals surface area contributed by atoms with Gasteiger partial charge in [0, 0.05) is 45.8 Å². The third-order valence-electron chi connectivity index (χ3n) is 8.60. The number of hydrogen-bond donors (Lipinski definition) is 1. The molecule has 44 heavy (non-hydrogen) atoms. The maximum atomic E-state index is 14.2. The summed E-state index contributed by atoms with van der Waals surface area (Å²) in [5, 5.41) is 3.94. The number of aromatic nitrogens is 2. The predicted molar refractivity (Wildman–Crippen MR) is 146 cm³/mol. The van der Waals surface area contributed by atoms with Crippen LogP contribution in [0.5, 0.6) is 0 Å². The first kappa shape index (κ1) is 30.1. The second kappa shape index (κ2) is 11.5. The SMILES string of the molecule is Cn1c2c(c(=O)n(CC(=O)N3CCOCC3)c1=O)N(Cc1ccc(F)cc1)C(N1CCC3CNCC31)N2OC(=O)C(F)(F)F. The van der Waals surface area contributed by atoms with Gasteiger partial charge in [-0.2, -0.15) is 13.2 Å². The number of fused-ring (bicyclic) bond motifs is 2. The van der Waals surface area contributed by atoms with E-state index in [9.17, 15) is 36.7 Å². The first-order chi connectivity index (χ1) is 21.0. The standard InChI is InChI=1S/C27H31F4N7O6/c1-33-22-21(23(40)37(26(33)42)15-20(39)34-8-10-43-11-9-34)36(14-16-2-4-18(28)5-3-16)25(38(22)44-24(41)27(29,30)31)35-7-6-17-12-32-13-19(17)35/h2-5,17,19,25,32H,6-15H2,1H3. The smallest absolute Gasteiger partial charge is 0.378 e. The van der Waals surface area contributed by atoms with Gasteiger partial charge in [0.05, 0.1) is 13.2 Å². The summed E-state index contributed by atoms with van der Waals surface area (Å²) >= 11 is 0. The lowest BCUT2D eigenvalue weighted by molar-refractivity contribution is -0.203. The van der Waals surface area contributed by atoms with E-state index in [1.165, 1.54) is 41.1 Å². The van der Waals surface area contributed by atoms with Gasteiger partial charge in [-0.3, -0.25) is 19.1 Å². The molecule has 17 heteroatoms. The Kier molecular flexibility index (Phi) is 7.87. The van der Waals surface area contributed by atoms with Crippen LogP contribution in [0.1, 0.15) is 12.0 Å². The monoisotopic (exact) mass is 625 g/mol. The molecule has 1 aromatic heterocycles. The Bertz CT molecular complexity index is 1560. The number of rotatable bonds is 6. The molecule has 0 saturated carbocycles. The van der Waals surface area contributed by atoms with Gasteiger partial charge in [-0.1, -0.05) is 12.1 Å². The van der Waals surface area contributed by atoms with Gasteiger partial charge in [-0.25, -0.2) is 18.5 Å². The minimum atomic E-state index is -5.38. The summed E-state index contributed by atoms with van der Waals surface area (Å²) < 4.78 is 61.4. The molecule has 238 valence electrons. The van der Waals surface area contributed by atoms with E-state index < -0.39 is 48.0 Å². The molecule has 13 nitrogen and oxygen atoms in total. The van der Waals surface area contributed by atoms with E-state index in [2.05, 4.69) is 5.32 Å². The van der Waals surface area contributed by atoms with E-state index in [0.29, 0.717) is 49.9 Å². The van der Waals surface area contributed by atoms with E-state index in [4.69, 9.17) is 9.57 Å². The summed E-state index contributed by atoms with van der Waals surface area (Å²) in [6, 6.07) is 5.15. The molecule has 1 aromatic carbocycles. The highest BCUT2D eigenvalue weighted by Crippen LogP contribution is 2.42. The van der Waals surface area contributed by atoms with Crippen LogP contribution in [-0.4, -0.2) is 95.3 Å². The fourth-order valence-corrected chi connectivity index (χ4v) is 6.44. The van der Waals surface area contributed by atoms with Crippen molar-refractivity contribution < 1.29 is 36.7 Å². The van der Waals surface area contributed by atoms with Crippen molar-refractivity contribution in [1.82, 2.24) is 24.3 Å². The summed E-state index contributed by atoms with van der Waals surface area (Å²) in [4.78, 5) is 62.8. The molecule has 5 heterocycles. The molecular formula is C27H31F4N7O6. The third-order valence-corrected chi connectivity index (χ3v) is 8.60. The second-order valence-corrected chi connectivity index (χ2v) is 11.2. The molecule has 2 aromatic rings. The lowest BCUT2D eigenvalue weighted by Gasteiger charge is -2.39. The molecule has 3 fully saturated rings. The fourth-order valence-electron chi connectivity index (χ4n) is 6.44. The summed E-state index contributed by atoms with van der Waals surface area (Å²) in [6.45, 7) is 1.96. The number of hydroxylamine groups is 1. The normalized spacial score (nSPS) is 23.7. The maximum Gasteiger partial charge on any atom is 0.493 e. The summed E-state index contributed by atoms with van der Waals surface area (Å²) in [5.41, 5.74) is -1.66. The molecule has 4 aliphatic heterocycles. The molecule has 1 N–H and O–H groups in total. The highest BCUT2D eigenvalue weighted by Gasteiger charge is 2.54. The number of benzene rings is 1. The van der Waals surface area contributed by atoms with Crippen LogP contribution in [0.3, 0.4) is 0 Å². The van der Waals surface area contributed by atoms with Crippen LogP contribution in [0, 0.1) is 11.7 Å². The van der Waals surface area contributed by atoms with Gasteiger partial charge in [0.15, 0.2) is 17.8 Å². The van der Waals surface area contributed by atoms with E-state index in [1.807, 2.05) is 4.90 Å². The molecule has 0 aliphatic carbocycles. The Morgan fingerprint density at radius 1 is 1.07 bits per heavy atom. The van der Waals surface area contributed by atoms with E-state index in [1.54, 1.807) is 0 Å². The molecule has 0 bridgehead atoms. The van der Waals surface area contributed by atoms with Crippen molar-refractivity contribution >= 4 is 23.4 Å². The largest absolute Gasteiger partial charge is 0.493 e. The van der Waals surface area contributed by atoms with Gasteiger partial charge >= 0.3 is 17.8 Å². The first-order valence-electron chi connectivity index (χ1n) is 14.2. The highest BCUT2D eigenvalue weighted by atomic mass is 19.4. The highest BCUT2D eigenvalue weighted by molar-refractivity contribution is 5.80. The second-order valence-electron chi connectivity index (χ2n) is 11.2. The van der Waals surface area contributed by atoms with Gasteiger partial charge in [0.2, 0.25) is 5.91 Å². The topological polar surface area (TPSA) is 122 Å². The number of nitrogens with one attached hydrogen (secondary N) is 1. The number of carbonyl (C=O) groups excluding carboxylic acids is 2. The molecule has 3 atom stereocenters. The van der Waals surface area contributed by atoms with Gasteiger partial charge in [-0.05, 0) is 36.6 Å². The van der Waals surface area contributed by atoms with Gasteiger partial charge in [0.25, 0.3) is 5.56 Å². The molecular weight excluding hydrogens is 594 g/mol. The Balaban J connectivity index is 1.50. The summed E-state index contributed by atoms with van der Waals surface area (Å²) in [5.74, 6) is -3.77. The van der Waals surface area contributed by atoms with Gasteiger partial charge in [0.1, 0.15) is 12.4 Å². The van der Waals surface area contributed by atoms with Crippen LogP contribution in [0.2, 0.25) is 0 Å². The van der Waals surface area contributed by atoms with E-state index in [-0.39, 0.29) is 43.1 Å². The van der Waals surface area contributed by atoms with Crippen LogP contribution in [-0.2, 0) is 39.3 Å². The zero-order chi connectivity index (χ0) is 31.3. The zero-order valence-electron chi connectivity index (χ0n) is 23.8. The molecule has 6 rings (SSSR count). The quantitative estimate of drug-likeness (QED) is 0.439. The van der Waals surface area contributed by atoms with Crippen LogP contribution in [0.15, 0.2) is 33.9 Å². The predicted octanol–water partition coefficient (Wildman–Crippen LogP) is -0.0307. The van der Waals surface area contributed by atoms with Crippen molar-refractivity contribution in [2.75, 3.05) is 55.9 Å². The van der Waals surface area contributed by atoms with Crippen LogP contribution < -0.4 is 26.5 Å². The van der Waals surface area contributed by atoms with Crippen molar-refractivity contribution in [3.05, 3.63) is 56.5 Å². The minimum Gasteiger partial charge on any atom is -0.378 e. The van der Waals surface area contributed by atoms with E-state index in [0.717, 1.165) is 9.13 Å². The lowest BCUT2D eigenvalue weighted by atomic mass is 10.1. The van der Waals surface area contributed by atoms with Gasteiger partial charge in [-0.15, -0.1) is 5.06 Å². The number of anilines is 2. The number of ether oxygens (including phenoxy) is 1. The van der Waals surface area contributed by atoms with E-state index >= 15 is 0 Å². The number of halogens is 4. The average molecular weight is 626 g/mol. The number of carbonyl (C=O) groups is 2. The van der Waals surface area contributed by atoms with Gasteiger partial charge < -0.3 is 24.7 Å². The summed E-state index contributed by atoms with van der Waals surface area (Å²) in [6.07, 6.45) is -5.95. The maximum absolute atomic E-state index is 14.2. The third kappa shape index (κ3) is 5.32. The molecule has 4 aliphatic rings. The Labute approximate surface area is 248 Å². The molecule has 1 amide bonds. The Morgan fingerprint density at radius 2 is 1.77 bits per heavy atom. The number of likely N-dealkylation sites (tertiary alicyclic amines) is 1. The molecule has 3 unspecified atom stereocenters. The number of amides is 1. The zero-order valence-corrected chi connectivity index (χ0v) is 23.8. The van der Waals surface area contributed by atoms with Crippen LogP contribution >= 0.6 is 0 Å². The van der Waals surface area contributed by atoms with Crippen LogP contribution in [0.4, 0.5) is 29.1 Å². The molecule has 3 saturated heterocycles. The molecule has 0 radical (unpaired) electrons. The number of alkyl halides is 3. The Morgan fingerprint density at radius 3 is 2.45 bits per heavy atom. The van der Waals surface area contributed by atoms with Crippen molar-refractivity contribution in [3.63, 3.8) is 0 Å². The van der Waals surface area contributed by atoms with Crippen molar-refractivity contribution in [2.45, 2.75) is 38.0 Å². The Hall–Kier alpha value is -3.96. The number of nitrogens with zero attached hydrogens (tertiary/aromatic N) is 6. The first-order valence-corrected chi connectivity index (χ1v) is 14.2. The number of morpholine rings is 1. The lowest BCUT2D eigenvalue weighted by Crippen LogP contribution is -2.58. The van der Waals surface area contributed by atoms with Crippen molar-refractivity contribution in [1.29, 1.82) is 0 Å².